The van der Waals surface area contributed by atoms with Gasteiger partial charge < -0.3 is 20.4 Å². The molecule has 4 aliphatic rings. The van der Waals surface area contributed by atoms with Crippen LogP contribution in [0.2, 0.25) is 0 Å². The first-order chi connectivity index (χ1) is 20.7. The van der Waals surface area contributed by atoms with E-state index in [0.29, 0.717) is 18.9 Å². The largest absolute Gasteiger partial charge is 0.393 e. The summed E-state index contributed by atoms with van der Waals surface area (Å²) in [4.78, 5) is 15.8. The highest BCUT2D eigenvalue weighted by Gasteiger charge is 2.62. The number of aliphatic hydroxyl groups is 2. The zero-order chi connectivity index (χ0) is 29.8. The summed E-state index contributed by atoms with van der Waals surface area (Å²) < 4.78 is 0. The molecule has 3 aromatic carbocycles. The highest BCUT2D eigenvalue weighted by molar-refractivity contribution is 5.90. The van der Waals surface area contributed by atoms with Gasteiger partial charge in [-0.25, -0.2) is 4.79 Å². The van der Waals surface area contributed by atoms with Gasteiger partial charge in [0.1, 0.15) is 0 Å². The van der Waals surface area contributed by atoms with Crippen LogP contribution in [0.3, 0.4) is 0 Å². The van der Waals surface area contributed by atoms with E-state index >= 15 is 0 Å². The van der Waals surface area contributed by atoms with Crippen molar-refractivity contribution in [3.63, 3.8) is 0 Å². The Kier molecular flexibility index (Phi) is 7.02. The number of allylic oxidation sites excluding steroid dienone is 3. The summed E-state index contributed by atoms with van der Waals surface area (Å²) >= 11 is 0. The number of rotatable bonds is 5. The lowest BCUT2D eigenvalue weighted by molar-refractivity contribution is -0.0966. The number of hydrogen-bond donors (Lipinski definition) is 3. The Bertz CT molecular complexity index is 1590. The van der Waals surface area contributed by atoms with Crippen molar-refractivity contribution in [3.05, 3.63) is 102 Å². The minimum Gasteiger partial charge on any atom is -0.393 e. The molecule has 6 atom stereocenters. The van der Waals surface area contributed by atoms with Gasteiger partial charge >= 0.3 is 6.03 Å². The van der Waals surface area contributed by atoms with Crippen molar-refractivity contribution in [2.45, 2.75) is 77.0 Å². The normalized spacial score (nSPS) is 33.1. The van der Waals surface area contributed by atoms with E-state index in [1.165, 1.54) is 11.1 Å². The van der Waals surface area contributed by atoms with Gasteiger partial charge in [-0.1, -0.05) is 97.8 Å². The molecule has 3 N–H and O–H groups in total. The molecule has 0 aromatic heterocycles. The van der Waals surface area contributed by atoms with Crippen molar-refractivity contribution in [2.75, 3.05) is 11.9 Å². The topological polar surface area (TPSA) is 72.8 Å². The zero-order valence-corrected chi connectivity index (χ0v) is 25.4. The van der Waals surface area contributed by atoms with E-state index in [9.17, 15) is 15.0 Å². The van der Waals surface area contributed by atoms with E-state index in [-0.39, 0.29) is 35.4 Å². The smallest absolute Gasteiger partial charge is 0.322 e. The fraction of sp³-hybridized carbons (Fsp3) is 0.447. The Labute approximate surface area is 255 Å². The van der Waals surface area contributed by atoms with E-state index in [4.69, 9.17) is 0 Å². The van der Waals surface area contributed by atoms with Gasteiger partial charge in [-0.3, -0.25) is 0 Å². The second-order valence-electron chi connectivity index (χ2n) is 14.1. The average Bonchev–Trinajstić information content (AvgIpc) is 3.28. The van der Waals surface area contributed by atoms with Crippen LogP contribution >= 0.6 is 0 Å². The lowest BCUT2D eigenvalue weighted by Gasteiger charge is -2.56. The van der Waals surface area contributed by atoms with Crippen LogP contribution in [0.4, 0.5) is 10.5 Å². The molecular formula is C38H44N2O3. The molecular weight excluding hydrogens is 532 g/mol. The van der Waals surface area contributed by atoms with Crippen LogP contribution in [0.5, 0.6) is 0 Å². The molecule has 43 heavy (non-hydrogen) atoms. The van der Waals surface area contributed by atoms with Crippen molar-refractivity contribution in [2.24, 2.45) is 22.7 Å². The molecule has 0 bridgehead atoms. The minimum absolute atomic E-state index is 0.0985. The number of hydrogen-bond acceptors (Lipinski definition) is 3. The number of nitrogens with zero attached hydrogens (tertiary/aromatic N) is 1. The van der Waals surface area contributed by atoms with Crippen molar-refractivity contribution in [1.29, 1.82) is 0 Å². The van der Waals surface area contributed by atoms with E-state index in [2.05, 4.69) is 61.6 Å². The van der Waals surface area contributed by atoms with Crippen LogP contribution < -0.4 is 5.32 Å². The number of urea groups is 1. The quantitative estimate of drug-likeness (QED) is 0.290. The highest BCUT2D eigenvalue weighted by Crippen LogP contribution is 2.66. The molecule has 0 saturated heterocycles. The third-order valence-electron chi connectivity index (χ3n) is 11.9. The summed E-state index contributed by atoms with van der Waals surface area (Å²) in [6.07, 6.45) is 10.6. The summed E-state index contributed by atoms with van der Waals surface area (Å²) in [6.45, 7) is 5.39. The second kappa shape index (κ2) is 10.6. The molecule has 0 aliphatic heterocycles. The number of amides is 2. The van der Waals surface area contributed by atoms with Crippen LogP contribution in [0.25, 0.3) is 10.8 Å². The van der Waals surface area contributed by atoms with Crippen molar-refractivity contribution in [1.82, 2.24) is 4.90 Å². The van der Waals surface area contributed by atoms with Gasteiger partial charge in [-0.05, 0) is 90.7 Å². The number of anilines is 1. The van der Waals surface area contributed by atoms with Crippen molar-refractivity contribution < 1.29 is 15.0 Å². The van der Waals surface area contributed by atoms with E-state index < -0.39 is 5.60 Å². The first kappa shape index (κ1) is 28.4. The maximum Gasteiger partial charge on any atom is 0.322 e. The van der Waals surface area contributed by atoms with Crippen LogP contribution in [-0.4, -0.2) is 39.4 Å². The number of benzene rings is 3. The van der Waals surface area contributed by atoms with Gasteiger partial charge in [0.05, 0.1) is 18.2 Å². The third-order valence-corrected chi connectivity index (χ3v) is 11.9. The predicted octanol–water partition coefficient (Wildman–Crippen LogP) is 7.85. The van der Waals surface area contributed by atoms with Crippen molar-refractivity contribution >= 4 is 22.5 Å². The number of carbonyl (C=O) groups is 1. The van der Waals surface area contributed by atoms with Crippen LogP contribution in [0, 0.1) is 22.7 Å². The predicted molar refractivity (Wildman–Crippen MR) is 172 cm³/mol. The van der Waals surface area contributed by atoms with E-state index in [1.54, 1.807) is 0 Å². The third kappa shape index (κ3) is 4.72. The average molecular weight is 577 g/mol. The molecule has 6 unspecified atom stereocenters. The Morgan fingerprint density at radius 2 is 1.63 bits per heavy atom. The number of carbonyl (C=O) groups excluding carboxylic acids is 1. The molecule has 5 nitrogen and oxygen atoms in total. The molecule has 3 saturated carbocycles. The second-order valence-corrected chi connectivity index (χ2v) is 14.1. The van der Waals surface area contributed by atoms with Gasteiger partial charge in [0.25, 0.3) is 0 Å². The fourth-order valence-electron chi connectivity index (χ4n) is 9.23. The number of aliphatic hydroxyl groups excluding tert-OH is 1. The van der Waals surface area contributed by atoms with E-state index in [1.807, 2.05) is 47.4 Å². The van der Waals surface area contributed by atoms with E-state index in [0.717, 1.165) is 60.5 Å². The SMILES string of the molecule is CC12CCC(O)CC1=CC=C1C2CCC2(C)C1CCC2(O)CN(Cc1cccc2ccccc12)C(=O)Nc1ccccc1. The summed E-state index contributed by atoms with van der Waals surface area (Å²) in [5.74, 6) is 0.753. The van der Waals surface area contributed by atoms with Gasteiger partial charge in [0, 0.05) is 17.6 Å². The first-order valence-corrected chi connectivity index (χ1v) is 16.1. The summed E-state index contributed by atoms with van der Waals surface area (Å²) in [5, 5.41) is 28.4. The zero-order valence-electron chi connectivity index (χ0n) is 25.4. The summed E-state index contributed by atoms with van der Waals surface area (Å²) in [5.41, 5.74) is 3.48. The Morgan fingerprint density at radius 1 is 0.884 bits per heavy atom. The molecule has 0 heterocycles. The Balaban J connectivity index is 1.20. The maximum absolute atomic E-state index is 14.0. The van der Waals surface area contributed by atoms with Crippen LogP contribution in [-0.2, 0) is 6.54 Å². The van der Waals surface area contributed by atoms with Crippen LogP contribution in [0.1, 0.15) is 64.4 Å². The first-order valence-electron chi connectivity index (χ1n) is 16.1. The molecule has 3 fully saturated rings. The Morgan fingerprint density at radius 3 is 2.47 bits per heavy atom. The minimum atomic E-state index is -1.00. The number of para-hydroxylation sites is 1. The molecule has 2 amide bonds. The van der Waals surface area contributed by atoms with Gasteiger partial charge in [-0.15, -0.1) is 0 Å². The molecule has 7 rings (SSSR count). The molecule has 0 radical (unpaired) electrons. The van der Waals surface area contributed by atoms with Crippen molar-refractivity contribution in [3.8, 4) is 0 Å². The van der Waals surface area contributed by atoms with Crippen LogP contribution in [0.15, 0.2) is 96.1 Å². The van der Waals surface area contributed by atoms with Gasteiger partial charge in [0.15, 0.2) is 0 Å². The number of nitrogens with one attached hydrogen (secondary N) is 1. The molecule has 3 aromatic rings. The fourth-order valence-corrected chi connectivity index (χ4v) is 9.23. The standard InChI is InChI=1S/C38H44N2O3/c1-36-20-17-30(41)23-28(36)15-16-32-33(36)18-21-37(2)34(32)19-22-38(37,43)25-40(35(42)39-29-12-4-3-5-13-29)24-27-11-8-10-26-9-6-7-14-31(26)27/h3-16,30,33-34,41,43H,17-25H2,1-2H3,(H,39,42). The summed E-state index contributed by atoms with van der Waals surface area (Å²) in [6, 6.07) is 23.9. The summed E-state index contributed by atoms with van der Waals surface area (Å²) in [7, 11) is 0. The molecule has 0 spiro atoms. The molecule has 4 aliphatic carbocycles. The maximum atomic E-state index is 14.0. The lowest BCUT2D eigenvalue weighted by Crippen LogP contribution is -2.57. The highest BCUT2D eigenvalue weighted by atomic mass is 16.3. The van der Waals surface area contributed by atoms with Gasteiger partial charge in [0.2, 0.25) is 0 Å². The Hall–Kier alpha value is -3.41. The molecule has 224 valence electrons. The number of fused-ring (bicyclic) bond motifs is 6. The molecule has 5 heteroatoms. The monoisotopic (exact) mass is 576 g/mol. The lowest BCUT2D eigenvalue weighted by atomic mass is 9.50. The van der Waals surface area contributed by atoms with Gasteiger partial charge in [-0.2, -0.15) is 0 Å².